The molecular formula is C27H31N3O8S. The molecule has 11 nitrogen and oxygen atoms in total. The van der Waals surface area contributed by atoms with E-state index in [-0.39, 0.29) is 31.5 Å². The summed E-state index contributed by atoms with van der Waals surface area (Å²) in [4.78, 5) is 48.3. The van der Waals surface area contributed by atoms with Gasteiger partial charge in [-0.1, -0.05) is 55.1 Å². The van der Waals surface area contributed by atoms with Crippen LogP contribution >= 0.6 is 11.8 Å². The van der Waals surface area contributed by atoms with E-state index in [1.807, 2.05) is 42.5 Å². The number of nitrogens with zero attached hydrogens (tertiary/aromatic N) is 1. The summed E-state index contributed by atoms with van der Waals surface area (Å²) in [5, 5.41) is 14.4. The Labute approximate surface area is 230 Å². The number of fused-ring (bicyclic) bond motifs is 1. The van der Waals surface area contributed by atoms with Gasteiger partial charge in [0.1, 0.15) is 19.2 Å². The Morgan fingerprint density at radius 3 is 2.59 bits per heavy atom. The number of alkyl carbamates (subject to hydrolysis) is 1. The van der Waals surface area contributed by atoms with E-state index in [0.29, 0.717) is 18.0 Å². The van der Waals surface area contributed by atoms with E-state index >= 15 is 0 Å². The number of ether oxygens (including phenoxy) is 3. The number of cyclic esters (lactones) is 1. The summed E-state index contributed by atoms with van der Waals surface area (Å²) in [7, 11) is 1.71. The number of hydrogen-bond acceptors (Lipinski definition) is 9. The van der Waals surface area contributed by atoms with Crippen LogP contribution in [0.3, 0.4) is 0 Å². The van der Waals surface area contributed by atoms with E-state index < -0.39 is 30.4 Å². The molecule has 2 aliphatic rings. The Hall–Kier alpha value is -3.87. The summed E-state index contributed by atoms with van der Waals surface area (Å²) in [6.07, 6.45) is 0.0718. The van der Waals surface area contributed by atoms with Crippen molar-refractivity contribution in [1.82, 2.24) is 10.6 Å². The molecule has 39 heavy (non-hydrogen) atoms. The first kappa shape index (κ1) is 29.7. The molecule has 2 amide bonds. The van der Waals surface area contributed by atoms with Gasteiger partial charge in [0.25, 0.3) is 0 Å². The van der Waals surface area contributed by atoms with Gasteiger partial charge in [0.2, 0.25) is 12.2 Å². The number of esters is 1. The number of benzene rings is 2. The van der Waals surface area contributed by atoms with Gasteiger partial charge in [-0.25, -0.2) is 4.79 Å². The monoisotopic (exact) mass is 557 g/mol. The summed E-state index contributed by atoms with van der Waals surface area (Å²) < 4.78 is 15.4. The predicted octanol–water partition coefficient (Wildman–Crippen LogP) is 2.55. The third-order valence-corrected chi connectivity index (χ3v) is 6.78. The number of hydrogen-bond donors (Lipinski definition) is 3. The summed E-state index contributed by atoms with van der Waals surface area (Å²) in [5.41, 5.74) is 1.63. The number of nitrogens with one attached hydrogen (secondary N) is 2. The molecule has 2 aromatic rings. The third kappa shape index (κ3) is 8.84. The minimum atomic E-state index is -1.01. The van der Waals surface area contributed by atoms with Crippen molar-refractivity contribution in [2.45, 2.75) is 36.3 Å². The molecule has 0 spiro atoms. The second-order valence-corrected chi connectivity index (χ2v) is 9.50. The number of anilines is 1. The second kappa shape index (κ2) is 14.9. The molecule has 2 aliphatic heterocycles. The maximum absolute atomic E-state index is 12.3. The molecule has 0 aromatic heterocycles. The van der Waals surface area contributed by atoms with Crippen LogP contribution in [0.25, 0.3) is 0 Å². The molecule has 4 rings (SSSR count). The van der Waals surface area contributed by atoms with Crippen LogP contribution in [-0.2, 0) is 35.2 Å². The zero-order valence-electron chi connectivity index (χ0n) is 21.4. The number of carbonyl (C=O) groups is 4. The van der Waals surface area contributed by atoms with Crippen LogP contribution in [0.5, 0.6) is 0 Å². The first-order chi connectivity index (χ1) is 18.8. The van der Waals surface area contributed by atoms with E-state index in [9.17, 15) is 19.2 Å². The highest BCUT2D eigenvalue weighted by molar-refractivity contribution is 7.99. The van der Waals surface area contributed by atoms with Gasteiger partial charge < -0.3 is 30.0 Å². The number of carboxylic acids is 1. The van der Waals surface area contributed by atoms with Crippen molar-refractivity contribution in [2.24, 2.45) is 0 Å². The molecule has 0 radical (unpaired) electrons. The van der Waals surface area contributed by atoms with E-state index in [2.05, 4.69) is 17.2 Å². The average Bonchev–Trinajstić information content (AvgIpc) is 3.22. The topological polar surface area (TPSA) is 144 Å². The van der Waals surface area contributed by atoms with Gasteiger partial charge >= 0.3 is 18.0 Å². The Balaban J connectivity index is 0.000000218. The lowest BCUT2D eigenvalue weighted by molar-refractivity contribution is -0.167. The SMILES string of the molecule is C=CCOC(=O)N[C@H]1CC(=O)OC1OCc1ccccc1.CN[C@H]1CSc2ccccc2N(CC(=O)O)C1=O. The van der Waals surface area contributed by atoms with E-state index in [1.54, 1.807) is 30.9 Å². The van der Waals surface area contributed by atoms with Gasteiger partial charge in [-0.3, -0.25) is 19.3 Å². The van der Waals surface area contributed by atoms with Crippen molar-refractivity contribution in [1.29, 1.82) is 0 Å². The molecule has 1 unspecified atom stereocenters. The van der Waals surface area contributed by atoms with Crippen molar-refractivity contribution < 1.29 is 38.5 Å². The lowest BCUT2D eigenvalue weighted by atomic mass is 10.2. The van der Waals surface area contributed by atoms with Crippen LogP contribution < -0.4 is 15.5 Å². The lowest BCUT2D eigenvalue weighted by Crippen LogP contribution is -2.47. The van der Waals surface area contributed by atoms with Gasteiger partial charge in [0, 0.05) is 10.6 Å². The average molecular weight is 558 g/mol. The number of carbonyl (C=O) groups excluding carboxylic acids is 3. The standard InChI is InChI=1S/C15H17NO5.C12H14N2O3S/c1-2-8-19-15(18)16-12-9-13(17)21-14(12)20-10-11-6-4-3-5-7-11;1-13-8-7-18-10-5-3-2-4-9(10)14(12(8)17)6-11(15)16/h2-7,12,14H,1,8-10H2,(H,16,18);2-5,8,13H,6-7H2,1H3,(H,15,16)/t12-,14?;8-/m00/s1. The smallest absolute Gasteiger partial charge is 0.407 e. The highest BCUT2D eigenvalue weighted by Crippen LogP contribution is 2.33. The fourth-order valence-electron chi connectivity index (χ4n) is 3.74. The molecule has 3 atom stereocenters. The Kier molecular flexibility index (Phi) is 11.3. The molecule has 2 aromatic carbocycles. The molecule has 2 heterocycles. The number of carboxylic acid groups (broad SMARTS) is 1. The summed E-state index contributed by atoms with van der Waals surface area (Å²) in [6, 6.07) is 15.9. The maximum Gasteiger partial charge on any atom is 0.407 e. The normalized spacial score (nSPS) is 20.0. The van der Waals surface area contributed by atoms with Crippen LogP contribution in [0, 0.1) is 0 Å². The molecule has 0 bridgehead atoms. The van der Waals surface area contributed by atoms with Crippen LogP contribution in [0.4, 0.5) is 10.5 Å². The number of amides is 2. The molecule has 12 heteroatoms. The Morgan fingerprint density at radius 2 is 1.90 bits per heavy atom. The fraction of sp³-hybridized carbons (Fsp3) is 0.333. The van der Waals surface area contributed by atoms with Crippen molar-refractivity contribution in [3.8, 4) is 0 Å². The summed E-state index contributed by atoms with van der Waals surface area (Å²) >= 11 is 1.56. The zero-order valence-corrected chi connectivity index (χ0v) is 22.2. The number of rotatable bonds is 9. The van der Waals surface area contributed by atoms with Crippen molar-refractivity contribution in [3.63, 3.8) is 0 Å². The van der Waals surface area contributed by atoms with Crippen LogP contribution in [0.1, 0.15) is 12.0 Å². The third-order valence-electron chi connectivity index (χ3n) is 5.62. The highest BCUT2D eigenvalue weighted by Gasteiger charge is 2.37. The summed E-state index contributed by atoms with van der Waals surface area (Å²) in [6.45, 7) is 3.53. The van der Waals surface area contributed by atoms with Crippen LogP contribution in [-0.4, -0.2) is 73.4 Å². The first-order valence-electron chi connectivity index (χ1n) is 12.1. The number of likely N-dealkylation sites (N-methyl/N-ethyl adjacent to an activating group) is 1. The highest BCUT2D eigenvalue weighted by atomic mass is 32.2. The fourth-order valence-corrected chi connectivity index (χ4v) is 4.90. The van der Waals surface area contributed by atoms with E-state index in [0.717, 1.165) is 10.5 Å². The summed E-state index contributed by atoms with van der Waals surface area (Å²) in [5.74, 6) is -1.03. The molecule has 0 saturated carbocycles. The Bertz CT molecular complexity index is 1160. The Morgan fingerprint density at radius 1 is 1.18 bits per heavy atom. The molecule has 1 fully saturated rings. The molecule has 1 saturated heterocycles. The molecule has 0 aliphatic carbocycles. The quantitative estimate of drug-likeness (QED) is 0.311. The second-order valence-electron chi connectivity index (χ2n) is 8.44. The molecular weight excluding hydrogens is 526 g/mol. The first-order valence-corrected chi connectivity index (χ1v) is 13.1. The largest absolute Gasteiger partial charge is 0.480 e. The van der Waals surface area contributed by atoms with Gasteiger partial charge in [0.15, 0.2) is 0 Å². The minimum absolute atomic E-state index is 0.0582. The van der Waals surface area contributed by atoms with Crippen molar-refractivity contribution >= 4 is 41.4 Å². The predicted molar refractivity (Wildman–Crippen MR) is 144 cm³/mol. The lowest BCUT2D eigenvalue weighted by Gasteiger charge is -2.23. The number of thioether (sulfide) groups is 1. The van der Waals surface area contributed by atoms with Gasteiger partial charge in [-0.2, -0.15) is 0 Å². The van der Waals surface area contributed by atoms with Crippen molar-refractivity contribution in [3.05, 3.63) is 72.8 Å². The van der Waals surface area contributed by atoms with Crippen LogP contribution in [0.15, 0.2) is 72.1 Å². The van der Waals surface area contributed by atoms with Gasteiger partial charge in [0.05, 0.1) is 24.8 Å². The van der Waals surface area contributed by atoms with Crippen LogP contribution in [0.2, 0.25) is 0 Å². The van der Waals surface area contributed by atoms with Crippen molar-refractivity contribution in [2.75, 3.05) is 30.9 Å². The minimum Gasteiger partial charge on any atom is -0.480 e. The number of para-hydroxylation sites is 1. The molecule has 208 valence electrons. The molecule has 3 N–H and O–H groups in total. The zero-order chi connectivity index (χ0) is 28.2. The van der Waals surface area contributed by atoms with Gasteiger partial charge in [-0.15, -0.1) is 11.8 Å². The number of aliphatic carboxylic acids is 1. The van der Waals surface area contributed by atoms with E-state index in [1.165, 1.54) is 11.0 Å². The maximum atomic E-state index is 12.3. The van der Waals surface area contributed by atoms with Gasteiger partial charge in [-0.05, 0) is 24.7 Å². The van der Waals surface area contributed by atoms with E-state index in [4.69, 9.17) is 19.3 Å².